The first-order chi connectivity index (χ1) is 10.9. The minimum absolute atomic E-state index is 0.0204. The number of hydrogen-bond donors (Lipinski definition) is 2. The van der Waals surface area contributed by atoms with Crippen molar-refractivity contribution in [2.45, 2.75) is 28.9 Å². The van der Waals surface area contributed by atoms with Gasteiger partial charge < -0.3 is 20.3 Å². The van der Waals surface area contributed by atoms with Gasteiger partial charge in [-0.1, -0.05) is 0 Å². The number of ether oxygens (including phenoxy) is 2. The first kappa shape index (κ1) is 17.7. The van der Waals surface area contributed by atoms with Crippen molar-refractivity contribution in [2.24, 2.45) is 5.73 Å². The number of carbonyl (C=O) groups is 1. The number of carboxylic acids is 1. The van der Waals surface area contributed by atoms with Crippen LogP contribution in [0.5, 0.6) is 5.75 Å². The lowest BCUT2D eigenvalue weighted by atomic mass is 9.99. The lowest BCUT2D eigenvalue weighted by Gasteiger charge is -2.32. The SMILES string of the molecule is NCCCOc1ccc(S(=O)(=O)C2(C(=O)O)CCOCC2)cc1. The normalized spacial score (nSPS) is 17.6. The minimum Gasteiger partial charge on any atom is -0.494 e. The first-order valence-electron chi connectivity index (χ1n) is 7.43. The van der Waals surface area contributed by atoms with E-state index < -0.39 is 20.6 Å². The van der Waals surface area contributed by atoms with Gasteiger partial charge in [-0.3, -0.25) is 4.79 Å². The molecule has 1 fully saturated rings. The van der Waals surface area contributed by atoms with Gasteiger partial charge in [-0.05, 0) is 37.2 Å². The highest BCUT2D eigenvalue weighted by Crippen LogP contribution is 2.35. The van der Waals surface area contributed by atoms with Crippen LogP contribution < -0.4 is 10.5 Å². The van der Waals surface area contributed by atoms with Crippen LogP contribution >= 0.6 is 0 Å². The molecule has 0 aromatic heterocycles. The Morgan fingerprint density at radius 1 is 1.26 bits per heavy atom. The summed E-state index contributed by atoms with van der Waals surface area (Å²) in [5, 5.41) is 9.51. The molecule has 0 bridgehead atoms. The Hall–Kier alpha value is -1.64. The molecular weight excluding hydrogens is 322 g/mol. The van der Waals surface area contributed by atoms with E-state index in [1.165, 1.54) is 24.3 Å². The van der Waals surface area contributed by atoms with E-state index in [0.29, 0.717) is 25.3 Å². The third-order valence-electron chi connectivity index (χ3n) is 3.96. The lowest BCUT2D eigenvalue weighted by Crippen LogP contribution is -2.50. The lowest BCUT2D eigenvalue weighted by molar-refractivity contribution is -0.142. The maximum Gasteiger partial charge on any atom is 0.325 e. The Bertz CT molecular complexity index is 634. The van der Waals surface area contributed by atoms with Gasteiger partial charge in [0.1, 0.15) is 5.75 Å². The van der Waals surface area contributed by atoms with Crippen molar-refractivity contribution in [3.05, 3.63) is 24.3 Å². The molecule has 1 heterocycles. The Balaban J connectivity index is 2.26. The van der Waals surface area contributed by atoms with E-state index >= 15 is 0 Å². The largest absolute Gasteiger partial charge is 0.494 e. The summed E-state index contributed by atoms with van der Waals surface area (Å²) in [7, 11) is -4.02. The number of carboxylic acid groups (broad SMARTS) is 1. The van der Waals surface area contributed by atoms with E-state index in [1.54, 1.807) is 0 Å². The summed E-state index contributed by atoms with van der Waals surface area (Å²) in [5.74, 6) is -0.808. The van der Waals surface area contributed by atoms with E-state index in [-0.39, 0.29) is 31.0 Å². The molecule has 1 aromatic rings. The second kappa shape index (κ2) is 7.29. The third-order valence-corrected chi connectivity index (χ3v) is 6.46. The molecule has 1 aliphatic rings. The average Bonchev–Trinajstić information content (AvgIpc) is 2.56. The average molecular weight is 343 g/mol. The fourth-order valence-electron chi connectivity index (χ4n) is 2.51. The Morgan fingerprint density at radius 3 is 2.39 bits per heavy atom. The molecule has 1 saturated heterocycles. The van der Waals surface area contributed by atoms with Crippen molar-refractivity contribution in [1.82, 2.24) is 0 Å². The van der Waals surface area contributed by atoms with E-state index in [9.17, 15) is 18.3 Å². The molecule has 0 amide bonds. The van der Waals surface area contributed by atoms with E-state index in [1.807, 2.05) is 0 Å². The first-order valence-corrected chi connectivity index (χ1v) is 8.91. The Kier molecular flexibility index (Phi) is 5.61. The molecule has 7 nitrogen and oxygen atoms in total. The molecule has 128 valence electrons. The molecule has 0 saturated carbocycles. The quantitative estimate of drug-likeness (QED) is 0.704. The van der Waals surface area contributed by atoms with Crippen LogP contribution in [0.3, 0.4) is 0 Å². The zero-order chi connectivity index (χ0) is 16.9. The monoisotopic (exact) mass is 343 g/mol. The molecule has 1 aromatic carbocycles. The highest BCUT2D eigenvalue weighted by molar-refractivity contribution is 7.93. The molecule has 3 N–H and O–H groups in total. The van der Waals surface area contributed by atoms with Crippen molar-refractivity contribution in [3.8, 4) is 5.75 Å². The molecular formula is C15H21NO6S. The second-order valence-electron chi connectivity index (χ2n) is 5.38. The van der Waals surface area contributed by atoms with Crippen LogP contribution in [0.2, 0.25) is 0 Å². The summed E-state index contributed by atoms with van der Waals surface area (Å²) in [6.07, 6.45) is 0.584. The maximum atomic E-state index is 12.8. The molecule has 8 heteroatoms. The zero-order valence-corrected chi connectivity index (χ0v) is 13.5. The fraction of sp³-hybridized carbons (Fsp3) is 0.533. The zero-order valence-electron chi connectivity index (χ0n) is 12.7. The molecule has 0 unspecified atom stereocenters. The number of hydrogen-bond acceptors (Lipinski definition) is 6. The van der Waals surface area contributed by atoms with Crippen molar-refractivity contribution in [2.75, 3.05) is 26.4 Å². The van der Waals surface area contributed by atoms with Crippen LogP contribution in [0.1, 0.15) is 19.3 Å². The van der Waals surface area contributed by atoms with Gasteiger partial charge in [0.15, 0.2) is 14.6 Å². The predicted molar refractivity (Wildman–Crippen MR) is 83.2 cm³/mol. The van der Waals surface area contributed by atoms with Crippen LogP contribution in [-0.2, 0) is 19.4 Å². The van der Waals surface area contributed by atoms with Crippen LogP contribution in [0.25, 0.3) is 0 Å². The summed E-state index contributed by atoms with van der Waals surface area (Å²) < 4.78 is 34.4. The van der Waals surface area contributed by atoms with Crippen molar-refractivity contribution >= 4 is 15.8 Å². The van der Waals surface area contributed by atoms with Gasteiger partial charge in [0, 0.05) is 26.1 Å². The maximum absolute atomic E-state index is 12.8. The van der Waals surface area contributed by atoms with E-state index in [4.69, 9.17) is 15.2 Å². The van der Waals surface area contributed by atoms with Gasteiger partial charge in [-0.2, -0.15) is 0 Å². The summed E-state index contributed by atoms with van der Waals surface area (Å²) >= 11 is 0. The van der Waals surface area contributed by atoms with E-state index in [2.05, 4.69) is 0 Å². The van der Waals surface area contributed by atoms with Gasteiger partial charge in [-0.25, -0.2) is 8.42 Å². The molecule has 1 aliphatic heterocycles. The number of sulfone groups is 1. The topological polar surface area (TPSA) is 116 Å². The number of benzene rings is 1. The Labute approximate surface area is 135 Å². The highest BCUT2D eigenvalue weighted by Gasteiger charge is 2.52. The van der Waals surface area contributed by atoms with Gasteiger partial charge in [-0.15, -0.1) is 0 Å². The highest BCUT2D eigenvalue weighted by atomic mass is 32.2. The summed E-state index contributed by atoms with van der Waals surface area (Å²) in [4.78, 5) is 11.6. The molecule has 0 aliphatic carbocycles. The smallest absolute Gasteiger partial charge is 0.325 e. The van der Waals surface area contributed by atoms with Crippen molar-refractivity contribution < 1.29 is 27.8 Å². The van der Waals surface area contributed by atoms with Crippen LogP contribution in [0.15, 0.2) is 29.2 Å². The van der Waals surface area contributed by atoms with Gasteiger partial charge in [0.25, 0.3) is 0 Å². The van der Waals surface area contributed by atoms with Crippen LogP contribution in [0, 0.1) is 0 Å². The molecule has 2 rings (SSSR count). The van der Waals surface area contributed by atoms with Crippen LogP contribution in [0.4, 0.5) is 0 Å². The van der Waals surface area contributed by atoms with Crippen molar-refractivity contribution in [1.29, 1.82) is 0 Å². The molecule has 23 heavy (non-hydrogen) atoms. The number of aliphatic carboxylic acids is 1. The fourth-order valence-corrected chi connectivity index (χ4v) is 4.39. The van der Waals surface area contributed by atoms with Crippen molar-refractivity contribution in [3.63, 3.8) is 0 Å². The van der Waals surface area contributed by atoms with Gasteiger partial charge >= 0.3 is 5.97 Å². The molecule has 0 atom stereocenters. The molecule has 0 spiro atoms. The minimum atomic E-state index is -4.02. The summed E-state index contributed by atoms with van der Waals surface area (Å²) in [6, 6.07) is 5.82. The second-order valence-corrected chi connectivity index (χ2v) is 7.64. The number of rotatable bonds is 7. The summed E-state index contributed by atoms with van der Waals surface area (Å²) in [6.45, 7) is 1.19. The molecule has 0 radical (unpaired) electrons. The van der Waals surface area contributed by atoms with Gasteiger partial charge in [0.05, 0.1) is 11.5 Å². The Morgan fingerprint density at radius 2 is 1.87 bits per heavy atom. The van der Waals surface area contributed by atoms with Gasteiger partial charge in [0.2, 0.25) is 0 Å². The van der Waals surface area contributed by atoms with Crippen LogP contribution in [-0.4, -0.2) is 50.6 Å². The summed E-state index contributed by atoms with van der Waals surface area (Å²) in [5.41, 5.74) is 5.37. The number of nitrogens with two attached hydrogens (primary N) is 1. The third kappa shape index (κ3) is 3.49. The standard InChI is InChI=1S/C15H21NO6S/c16-8-1-9-22-12-2-4-13(5-3-12)23(19,20)15(14(17)18)6-10-21-11-7-15/h2-5H,1,6-11,16H2,(H,17,18). The predicted octanol–water partition coefficient (Wildman–Crippen LogP) is 0.822. The van der Waals surface area contributed by atoms with E-state index in [0.717, 1.165) is 0 Å².